The standard InChI is InChI=1S/C42H53Cl2N5O4/c1-8-53-35-26-36(40(2,3)4)45-27-34(35)38-46-41(5,29-9-13-31(43)14-10-29)42(6,30-11-15-32(44)16-12-30)49(38)39(51)48-21-17-28(18-22-48)25-37(50)47(7)33-19-23-52-24-20-33/h9-16,26-28,33H,8,17-25H2,1-7H3/t41-,42+/m0/s1. The van der Waals surface area contributed by atoms with Gasteiger partial charge in [-0.15, -0.1) is 0 Å². The number of likely N-dealkylation sites (tertiary alicyclic amines) is 1. The zero-order chi connectivity index (χ0) is 38.1. The molecule has 0 bridgehead atoms. The van der Waals surface area contributed by atoms with Gasteiger partial charge in [0.05, 0.1) is 12.2 Å². The van der Waals surface area contributed by atoms with E-state index in [4.69, 9.17) is 42.7 Å². The maximum Gasteiger partial charge on any atom is 0.326 e. The lowest BCUT2D eigenvalue weighted by atomic mass is 9.71. The molecule has 3 aliphatic rings. The number of carbonyl (C=O) groups is 2. The number of nitrogens with zero attached hydrogens (tertiary/aromatic N) is 5. The fraction of sp³-hybridized carbons (Fsp3) is 0.524. The summed E-state index contributed by atoms with van der Waals surface area (Å²) in [6.07, 6.45) is 5.49. The Bertz CT molecular complexity index is 1810. The van der Waals surface area contributed by atoms with Crippen LogP contribution in [0.25, 0.3) is 0 Å². The molecule has 2 atom stereocenters. The average molecular weight is 763 g/mol. The summed E-state index contributed by atoms with van der Waals surface area (Å²) in [6.45, 7) is 15.3. The van der Waals surface area contributed by atoms with E-state index in [9.17, 15) is 4.79 Å². The Morgan fingerprint density at radius 1 is 0.943 bits per heavy atom. The van der Waals surface area contributed by atoms with Crippen molar-refractivity contribution in [3.05, 3.63) is 93.2 Å². The summed E-state index contributed by atoms with van der Waals surface area (Å²) in [5, 5.41) is 1.21. The first-order chi connectivity index (χ1) is 25.2. The highest BCUT2D eigenvalue weighted by Crippen LogP contribution is 2.54. The molecule has 11 heteroatoms. The van der Waals surface area contributed by atoms with E-state index in [0.29, 0.717) is 66.5 Å². The quantitative estimate of drug-likeness (QED) is 0.229. The Labute approximate surface area is 324 Å². The molecule has 9 nitrogen and oxygen atoms in total. The van der Waals surface area contributed by atoms with Gasteiger partial charge in [0.1, 0.15) is 22.7 Å². The summed E-state index contributed by atoms with van der Waals surface area (Å²) in [5.41, 5.74) is 1.07. The van der Waals surface area contributed by atoms with Gasteiger partial charge in [-0.05, 0) is 87.8 Å². The summed E-state index contributed by atoms with van der Waals surface area (Å²) >= 11 is 12.9. The minimum absolute atomic E-state index is 0.162. The Kier molecular flexibility index (Phi) is 11.5. The van der Waals surface area contributed by atoms with Crippen LogP contribution in [0, 0.1) is 5.92 Å². The highest BCUT2D eigenvalue weighted by atomic mass is 35.5. The SMILES string of the molecule is CCOc1cc(C(C)(C)C)ncc1C1=N[C@@](C)(c2ccc(Cl)cc2)[C@@](C)(c2ccc(Cl)cc2)N1C(=O)N1CCC(CC(=O)N(C)C2CCOCC2)CC1. The van der Waals surface area contributed by atoms with E-state index in [-0.39, 0.29) is 29.3 Å². The number of benzene rings is 2. The summed E-state index contributed by atoms with van der Waals surface area (Å²) < 4.78 is 11.8. The third-order valence-electron chi connectivity index (χ3n) is 11.6. The van der Waals surface area contributed by atoms with Crippen LogP contribution >= 0.6 is 23.2 Å². The summed E-state index contributed by atoms with van der Waals surface area (Å²) in [7, 11) is 1.92. The van der Waals surface area contributed by atoms with Crippen molar-refractivity contribution in [2.24, 2.45) is 10.9 Å². The first kappa shape index (κ1) is 39.0. The van der Waals surface area contributed by atoms with Crippen molar-refractivity contribution in [2.45, 2.75) is 96.2 Å². The monoisotopic (exact) mass is 761 g/mol. The van der Waals surface area contributed by atoms with Crippen molar-refractivity contribution < 1.29 is 19.1 Å². The lowest BCUT2D eigenvalue weighted by Crippen LogP contribution is -2.59. The second-order valence-electron chi connectivity index (χ2n) is 15.9. The van der Waals surface area contributed by atoms with Crippen LogP contribution < -0.4 is 4.74 Å². The minimum atomic E-state index is -1.02. The topological polar surface area (TPSA) is 87.6 Å². The van der Waals surface area contributed by atoms with Gasteiger partial charge in [-0.3, -0.25) is 19.7 Å². The number of amidine groups is 1. The summed E-state index contributed by atoms with van der Waals surface area (Å²) in [4.78, 5) is 44.8. The van der Waals surface area contributed by atoms with E-state index in [0.717, 1.165) is 42.5 Å². The highest BCUT2D eigenvalue weighted by molar-refractivity contribution is 6.30. The van der Waals surface area contributed by atoms with Crippen molar-refractivity contribution in [3.8, 4) is 5.75 Å². The van der Waals surface area contributed by atoms with E-state index in [1.807, 2.05) is 83.3 Å². The van der Waals surface area contributed by atoms with Crippen molar-refractivity contribution in [3.63, 3.8) is 0 Å². The number of hydrogen-bond donors (Lipinski definition) is 0. The van der Waals surface area contributed by atoms with Crippen LogP contribution in [0.4, 0.5) is 4.79 Å². The van der Waals surface area contributed by atoms with Gasteiger partial charge in [-0.2, -0.15) is 0 Å². The minimum Gasteiger partial charge on any atom is -0.493 e. The van der Waals surface area contributed by atoms with Gasteiger partial charge in [-0.25, -0.2) is 4.79 Å². The molecule has 2 fully saturated rings. The zero-order valence-electron chi connectivity index (χ0n) is 32.1. The number of pyridine rings is 1. The molecule has 0 N–H and O–H groups in total. The normalized spacial score (nSPS) is 22.8. The molecule has 0 aliphatic carbocycles. The molecular weight excluding hydrogens is 709 g/mol. The van der Waals surface area contributed by atoms with E-state index in [1.165, 1.54) is 0 Å². The molecule has 0 unspecified atom stereocenters. The number of aromatic nitrogens is 1. The van der Waals surface area contributed by atoms with E-state index < -0.39 is 11.1 Å². The summed E-state index contributed by atoms with van der Waals surface area (Å²) in [6, 6.07) is 17.4. The van der Waals surface area contributed by atoms with Gasteiger partial charge < -0.3 is 19.3 Å². The molecule has 3 amide bonds. The average Bonchev–Trinajstić information content (AvgIpc) is 3.39. The number of carbonyl (C=O) groups excluding carboxylic acids is 2. The molecule has 284 valence electrons. The molecule has 0 saturated carbocycles. The summed E-state index contributed by atoms with van der Waals surface area (Å²) in [5.74, 6) is 1.46. The number of aliphatic imine (C=N–C) groups is 1. The number of urea groups is 1. The maximum atomic E-state index is 15.3. The molecule has 0 radical (unpaired) electrons. The number of rotatable bonds is 8. The molecule has 53 heavy (non-hydrogen) atoms. The number of hydrogen-bond acceptors (Lipinski definition) is 6. The van der Waals surface area contributed by atoms with E-state index in [1.54, 1.807) is 6.20 Å². The lowest BCUT2D eigenvalue weighted by Gasteiger charge is -2.47. The van der Waals surface area contributed by atoms with Gasteiger partial charge in [0.2, 0.25) is 5.91 Å². The number of piperidine rings is 1. The van der Waals surface area contributed by atoms with Gasteiger partial charge in [0.15, 0.2) is 0 Å². The Balaban J connectivity index is 1.40. The Morgan fingerprint density at radius 3 is 2.09 bits per heavy atom. The van der Waals surface area contributed by atoms with Gasteiger partial charge in [0.25, 0.3) is 0 Å². The number of halogens is 2. The molecule has 4 heterocycles. The first-order valence-electron chi connectivity index (χ1n) is 18.9. The van der Waals surface area contributed by atoms with Crippen molar-refractivity contribution in [2.75, 3.05) is 40.0 Å². The van der Waals surface area contributed by atoms with Crippen molar-refractivity contribution >= 4 is 41.0 Å². The van der Waals surface area contributed by atoms with Gasteiger partial charge >= 0.3 is 6.03 Å². The third kappa shape index (κ3) is 7.67. The zero-order valence-corrected chi connectivity index (χ0v) is 33.6. The molecular formula is C42H53Cl2N5O4. The smallest absolute Gasteiger partial charge is 0.326 e. The fourth-order valence-corrected chi connectivity index (χ4v) is 8.25. The van der Waals surface area contributed by atoms with Crippen LogP contribution in [-0.4, -0.2) is 83.5 Å². The molecule has 3 aromatic rings. The predicted octanol–water partition coefficient (Wildman–Crippen LogP) is 8.84. The second-order valence-corrected chi connectivity index (χ2v) is 16.8. The lowest BCUT2D eigenvalue weighted by molar-refractivity contribution is -0.135. The molecule has 1 aromatic heterocycles. The van der Waals surface area contributed by atoms with Gasteiger partial charge in [-0.1, -0.05) is 68.2 Å². The molecule has 0 spiro atoms. The molecule has 6 rings (SSSR count). The molecule has 2 saturated heterocycles. The van der Waals surface area contributed by atoms with Crippen LogP contribution in [0.1, 0.15) is 96.0 Å². The van der Waals surface area contributed by atoms with E-state index in [2.05, 4.69) is 34.6 Å². The largest absolute Gasteiger partial charge is 0.493 e. The maximum absolute atomic E-state index is 15.3. The predicted molar refractivity (Wildman–Crippen MR) is 211 cm³/mol. The van der Waals surface area contributed by atoms with E-state index >= 15 is 4.79 Å². The number of amides is 3. The second kappa shape index (κ2) is 15.6. The van der Waals surface area contributed by atoms with Crippen LogP contribution in [0.5, 0.6) is 5.75 Å². The number of ether oxygens (including phenoxy) is 2. The molecule has 3 aliphatic heterocycles. The van der Waals surface area contributed by atoms with Crippen LogP contribution in [0.3, 0.4) is 0 Å². The van der Waals surface area contributed by atoms with Crippen molar-refractivity contribution in [1.29, 1.82) is 0 Å². The third-order valence-corrected chi connectivity index (χ3v) is 12.1. The first-order valence-corrected chi connectivity index (χ1v) is 19.6. The fourth-order valence-electron chi connectivity index (χ4n) is 7.99. The molecule has 2 aromatic carbocycles. The van der Waals surface area contributed by atoms with Crippen LogP contribution in [0.2, 0.25) is 10.0 Å². The Morgan fingerprint density at radius 2 is 1.53 bits per heavy atom. The van der Waals surface area contributed by atoms with Crippen molar-refractivity contribution in [1.82, 2.24) is 19.7 Å². The van der Waals surface area contributed by atoms with Crippen LogP contribution in [0.15, 0.2) is 65.8 Å². The highest BCUT2D eigenvalue weighted by Gasteiger charge is 2.60. The van der Waals surface area contributed by atoms with Gasteiger partial charge in [0, 0.05) is 79.2 Å². The van der Waals surface area contributed by atoms with Crippen LogP contribution in [-0.2, 0) is 26.0 Å². The Hall–Kier alpha value is -3.66.